The minimum Gasteiger partial charge on any atom is -0.474 e. The average molecular weight is 327 g/mol. The molecule has 3 rings (SSSR count). The number of rotatable bonds is 5. The molecule has 1 aliphatic heterocycles. The summed E-state index contributed by atoms with van der Waals surface area (Å²) in [6.07, 6.45) is 7.52. The predicted octanol–water partition coefficient (Wildman–Crippen LogP) is 3.05. The van der Waals surface area contributed by atoms with Crippen LogP contribution in [0.15, 0.2) is 30.7 Å². The summed E-state index contributed by atoms with van der Waals surface area (Å²) in [6.45, 7) is 8.00. The van der Waals surface area contributed by atoms with Crippen molar-refractivity contribution in [2.75, 3.05) is 23.3 Å². The minimum absolute atomic E-state index is 0.0970. The first-order chi connectivity index (χ1) is 11.6. The molecule has 0 saturated carbocycles. The number of nitrogens with one attached hydrogen (secondary N) is 1. The molecule has 0 spiro atoms. The number of pyridine rings is 1. The van der Waals surface area contributed by atoms with Crippen molar-refractivity contribution < 1.29 is 4.74 Å². The fourth-order valence-electron chi connectivity index (χ4n) is 2.83. The van der Waals surface area contributed by atoms with Gasteiger partial charge in [-0.2, -0.15) is 4.98 Å². The SMILES string of the molecule is Cc1ccc(N2CCC(Nc3cncc(OC(C)C)n3)CC2)nc1. The Kier molecular flexibility index (Phi) is 5.13. The molecule has 6 heteroatoms. The number of hydrogen-bond acceptors (Lipinski definition) is 6. The summed E-state index contributed by atoms with van der Waals surface area (Å²) in [7, 11) is 0. The zero-order valence-electron chi connectivity index (χ0n) is 14.6. The first kappa shape index (κ1) is 16.5. The van der Waals surface area contributed by atoms with Crippen LogP contribution in [0.3, 0.4) is 0 Å². The van der Waals surface area contributed by atoms with E-state index in [0.29, 0.717) is 11.9 Å². The molecule has 2 aromatic heterocycles. The fraction of sp³-hybridized carbons (Fsp3) is 0.500. The van der Waals surface area contributed by atoms with Crippen LogP contribution in [0.4, 0.5) is 11.6 Å². The largest absolute Gasteiger partial charge is 0.474 e. The van der Waals surface area contributed by atoms with Crippen molar-refractivity contribution in [1.82, 2.24) is 15.0 Å². The summed E-state index contributed by atoms with van der Waals surface area (Å²) in [5.74, 6) is 2.41. The van der Waals surface area contributed by atoms with Crippen LogP contribution in [0.1, 0.15) is 32.3 Å². The summed E-state index contributed by atoms with van der Waals surface area (Å²) in [6, 6.07) is 4.61. The summed E-state index contributed by atoms with van der Waals surface area (Å²) < 4.78 is 5.60. The summed E-state index contributed by atoms with van der Waals surface area (Å²) in [5, 5.41) is 3.47. The molecular weight excluding hydrogens is 302 g/mol. The van der Waals surface area contributed by atoms with Gasteiger partial charge >= 0.3 is 0 Å². The third kappa shape index (κ3) is 4.34. The predicted molar refractivity (Wildman–Crippen MR) is 95.6 cm³/mol. The molecule has 0 unspecified atom stereocenters. The van der Waals surface area contributed by atoms with E-state index in [1.54, 1.807) is 12.4 Å². The van der Waals surface area contributed by atoms with Gasteiger partial charge in [0.25, 0.3) is 0 Å². The summed E-state index contributed by atoms with van der Waals surface area (Å²) >= 11 is 0. The van der Waals surface area contributed by atoms with Crippen LogP contribution in [-0.4, -0.2) is 40.2 Å². The number of piperidine rings is 1. The molecule has 1 saturated heterocycles. The van der Waals surface area contributed by atoms with Crippen LogP contribution in [-0.2, 0) is 0 Å². The van der Waals surface area contributed by atoms with E-state index in [9.17, 15) is 0 Å². The fourth-order valence-corrected chi connectivity index (χ4v) is 2.83. The molecular formula is C18H25N5O. The van der Waals surface area contributed by atoms with E-state index in [0.717, 1.165) is 37.6 Å². The highest BCUT2D eigenvalue weighted by molar-refractivity contribution is 5.41. The van der Waals surface area contributed by atoms with Crippen molar-refractivity contribution in [3.8, 4) is 5.88 Å². The van der Waals surface area contributed by atoms with Gasteiger partial charge in [-0.05, 0) is 45.2 Å². The molecule has 2 aromatic rings. The number of aromatic nitrogens is 3. The highest BCUT2D eigenvalue weighted by atomic mass is 16.5. The van der Waals surface area contributed by atoms with Gasteiger partial charge in [0.1, 0.15) is 11.6 Å². The molecule has 0 radical (unpaired) electrons. The molecule has 3 heterocycles. The maximum Gasteiger partial charge on any atom is 0.234 e. The molecule has 0 aromatic carbocycles. The van der Waals surface area contributed by atoms with E-state index in [4.69, 9.17) is 4.74 Å². The van der Waals surface area contributed by atoms with Crippen LogP contribution >= 0.6 is 0 Å². The van der Waals surface area contributed by atoms with Crippen molar-refractivity contribution in [3.63, 3.8) is 0 Å². The third-order valence-electron chi connectivity index (χ3n) is 4.04. The number of nitrogens with zero attached hydrogens (tertiary/aromatic N) is 4. The number of ether oxygens (including phenoxy) is 1. The van der Waals surface area contributed by atoms with Gasteiger partial charge in [0, 0.05) is 25.3 Å². The third-order valence-corrected chi connectivity index (χ3v) is 4.04. The van der Waals surface area contributed by atoms with Crippen LogP contribution < -0.4 is 15.0 Å². The molecule has 1 fully saturated rings. The Morgan fingerprint density at radius 1 is 1.17 bits per heavy atom. The lowest BCUT2D eigenvalue weighted by Gasteiger charge is -2.33. The van der Waals surface area contributed by atoms with E-state index in [2.05, 4.69) is 44.2 Å². The van der Waals surface area contributed by atoms with Gasteiger partial charge < -0.3 is 15.0 Å². The van der Waals surface area contributed by atoms with Crippen molar-refractivity contribution in [2.24, 2.45) is 0 Å². The lowest BCUT2D eigenvalue weighted by molar-refractivity contribution is 0.232. The van der Waals surface area contributed by atoms with Crippen LogP contribution in [0.25, 0.3) is 0 Å². The van der Waals surface area contributed by atoms with Crippen molar-refractivity contribution in [1.29, 1.82) is 0 Å². The van der Waals surface area contributed by atoms with Crippen LogP contribution in [0.2, 0.25) is 0 Å². The first-order valence-electron chi connectivity index (χ1n) is 8.53. The lowest BCUT2D eigenvalue weighted by Crippen LogP contribution is -2.39. The van der Waals surface area contributed by atoms with Crippen LogP contribution in [0, 0.1) is 6.92 Å². The highest BCUT2D eigenvalue weighted by Crippen LogP contribution is 2.20. The van der Waals surface area contributed by atoms with E-state index >= 15 is 0 Å². The average Bonchev–Trinajstić information content (AvgIpc) is 2.56. The molecule has 0 aliphatic carbocycles. The zero-order chi connectivity index (χ0) is 16.9. The molecule has 6 nitrogen and oxygen atoms in total. The Labute approximate surface area is 143 Å². The molecule has 0 bridgehead atoms. The number of hydrogen-bond donors (Lipinski definition) is 1. The Balaban J connectivity index is 1.54. The molecule has 24 heavy (non-hydrogen) atoms. The van der Waals surface area contributed by atoms with Crippen molar-refractivity contribution in [3.05, 3.63) is 36.3 Å². The van der Waals surface area contributed by atoms with Gasteiger partial charge in [0.2, 0.25) is 5.88 Å². The van der Waals surface area contributed by atoms with E-state index in [1.807, 2.05) is 20.0 Å². The number of anilines is 2. The summed E-state index contributed by atoms with van der Waals surface area (Å²) in [4.78, 5) is 15.5. The van der Waals surface area contributed by atoms with Gasteiger partial charge in [0.15, 0.2) is 0 Å². The lowest BCUT2D eigenvalue weighted by atomic mass is 10.1. The second-order valence-electron chi connectivity index (χ2n) is 6.51. The quantitative estimate of drug-likeness (QED) is 0.911. The Morgan fingerprint density at radius 3 is 2.62 bits per heavy atom. The molecule has 128 valence electrons. The van der Waals surface area contributed by atoms with Gasteiger partial charge in [-0.15, -0.1) is 0 Å². The minimum atomic E-state index is 0.0970. The van der Waals surface area contributed by atoms with Crippen LogP contribution in [0.5, 0.6) is 5.88 Å². The normalized spacial score (nSPS) is 15.6. The Morgan fingerprint density at radius 2 is 1.96 bits per heavy atom. The topological polar surface area (TPSA) is 63.2 Å². The van der Waals surface area contributed by atoms with Gasteiger partial charge in [0.05, 0.1) is 18.5 Å². The maximum absolute atomic E-state index is 5.60. The van der Waals surface area contributed by atoms with Gasteiger partial charge in [-0.25, -0.2) is 4.98 Å². The maximum atomic E-state index is 5.60. The van der Waals surface area contributed by atoms with E-state index < -0.39 is 0 Å². The van der Waals surface area contributed by atoms with E-state index in [1.165, 1.54) is 5.56 Å². The first-order valence-corrected chi connectivity index (χ1v) is 8.53. The van der Waals surface area contributed by atoms with Crippen molar-refractivity contribution >= 4 is 11.6 Å². The standard InChI is InChI=1S/C18H25N5O/c1-13(2)24-18-12-19-11-16(22-18)21-15-6-8-23(9-7-15)17-5-4-14(3)10-20-17/h4-5,10-13,15H,6-9H2,1-3H3,(H,21,22). The van der Waals surface area contributed by atoms with Gasteiger partial charge in [-0.3, -0.25) is 4.98 Å². The van der Waals surface area contributed by atoms with Crippen molar-refractivity contribution in [2.45, 2.75) is 45.8 Å². The summed E-state index contributed by atoms with van der Waals surface area (Å²) in [5.41, 5.74) is 1.19. The second-order valence-corrected chi connectivity index (χ2v) is 6.51. The number of aryl methyl sites for hydroxylation is 1. The molecule has 1 N–H and O–H groups in total. The zero-order valence-corrected chi connectivity index (χ0v) is 14.6. The van der Waals surface area contributed by atoms with Gasteiger partial charge in [-0.1, -0.05) is 6.07 Å². The molecule has 0 amide bonds. The highest BCUT2D eigenvalue weighted by Gasteiger charge is 2.20. The smallest absolute Gasteiger partial charge is 0.234 e. The molecule has 0 atom stereocenters. The Bertz CT molecular complexity index is 651. The molecule has 1 aliphatic rings. The Hall–Kier alpha value is -2.37. The van der Waals surface area contributed by atoms with E-state index in [-0.39, 0.29) is 6.10 Å². The monoisotopic (exact) mass is 327 g/mol. The second kappa shape index (κ2) is 7.47.